The molecule has 21 heavy (non-hydrogen) atoms. The molecule has 0 aromatic heterocycles. The molecule has 1 amide bonds. The van der Waals surface area contributed by atoms with Crippen LogP contribution in [0.4, 0.5) is 0 Å². The van der Waals surface area contributed by atoms with Gasteiger partial charge >= 0.3 is 0 Å². The minimum atomic E-state index is -0.169. The first kappa shape index (κ1) is 15.9. The Bertz CT molecular complexity index is 636. The van der Waals surface area contributed by atoms with E-state index in [0.29, 0.717) is 28.5 Å². The lowest BCUT2D eigenvalue weighted by atomic mass is 10.0. The van der Waals surface area contributed by atoms with Crippen LogP contribution >= 0.6 is 23.2 Å². The Labute approximate surface area is 134 Å². The van der Waals surface area contributed by atoms with Crippen molar-refractivity contribution in [2.24, 2.45) is 5.10 Å². The maximum Gasteiger partial charge on any atom is 0.274 e. The fraction of sp³-hybridized carbons (Fsp3) is 0.333. The van der Waals surface area contributed by atoms with Crippen molar-refractivity contribution in [2.45, 2.75) is 19.8 Å². The molecule has 0 spiro atoms. The molecule has 1 aromatic rings. The lowest BCUT2D eigenvalue weighted by Gasteiger charge is -2.09. The van der Waals surface area contributed by atoms with Crippen LogP contribution in [0.15, 0.2) is 29.0 Å². The van der Waals surface area contributed by atoms with E-state index in [1.807, 2.05) is 32.0 Å². The van der Waals surface area contributed by atoms with Gasteiger partial charge in [0.15, 0.2) is 0 Å². The van der Waals surface area contributed by atoms with Crippen LogP contribution in [-0.2, 0) is 11.2 Å². The number of amides is 1. The normalized spacial score (nSPS) is 16.1. The van der Waals surface area contributed by atoms with Gasteiger partial charge in [0.05, 0.1) is 11.3 Å². The van der Waals surface area contributed by atoms with Crippen molar-refractivity contribution in [3.8, 4) is 0 Å². The van der Waals surface area contributed by atoms with E-state index >= 15 is 0 Å². The van der Waals surface area contributed by atoms with Crippen molar-refractivity contribution in [3.05, 3.63) is 45.1 Å². The molecule has 0 fully saturated rings. The number of hydrogen-bond acceptors (Lipinski definition) is 3. The van der Waals surface area contributed by atoms with Gasteiger partial charge in [0.1, 0.15) is 0 Å². The minimum absolute atomic E-state index is 0.169. The van der Waals surface area contributed by atoms with Crippen molar-refractivity contribution < 1.29 is 4.79 Å². The molecule has 0 saturated carbocycles. The van der Waals surface area contributed by atoms with Crippen LogP contribution in [0.2, 0.25) is 10.0 Å². The second kappa shape index (κ2) is 6.50. The molecule has 1 aliphatic rings. The lowest BCUT2D eigenvalue weighted by molar-refractivity contribution is -0.116. The zero-order chi connectivity index (χ0) is 15.6. The first-order chi connectivity index (χ1) is 9.88. The van der Waals surface area contributed by atoms with E-state index in [-0.39, 0.29) is 5.91 Å². The van der Waals surface area contributed by atoms with E-state index in [1.54, 1.807) is 12.3 Å². The average molecular weight is 326 g/mol. The average Bonchev–Trinajstić information content (AvgIpc) is 2.73. The monoisotopic (exact) mass is 325 g/mol. The van der Waals surface area contributed by atoms with Gasteiger partial charge in [-0.05, 0) is 37.0 Å². The summed E-state index contributed by atoms with van der Waals surface area (Å²) in [5.74, 6) is -0.169. The smallest absolute Gasteiger partial charge is 0.274 e. The summed E-state index contributed by atoms with van der Waals surface area (Å²) in [6.45, 7) is 1.94. The zero-order valence-corrected chi connectivity index (χ0v) is 13.7. The highest BCUT2D eigenvalue weighted by atomic mass is 35.5. The first-order valence-corrected chi connectivity index (χ1v) is 7.34. The van der Waals surface area contributed by atoms with Crippen LogP contribution in [0.5, 0.6) is 0 Å². The highest BCUT2D eigenvalue weighted by Gasteiger charge is 2.22. The summed E-state index contributed by atoms with van der Waals surface area (Å²) in [6.07, 6.45) is 3.12. The van der Waals surface area contributed by atoms with Crippen molar-refractivity contribution in [1.29, 1.82) is 0 Å². The third-order valence-corrected chi connectivity index (χ3v) is 3.95. The number of hydrazone groups is 1. The highest BCUT2D eigenvalue weighted by Crippen LogP contribution is 2.26. The van der Waals surface area contributed by atoms with Crippen molar-refractivity contribution in [2.75, 3.05) is 14.1 Å². The Morgan fingerprint density at radius 2 is 1.95 bits per heavy atom. The summed E-state index contributed by atoms with van der Waals surface area (Å²) in [7, 11) is 3.74. The summed E-state index contributed by atoms with van der Waals surface area (Å²) >= 11 is 12.2. The number of nitrogens with one attached hydrogen (secondary N) is 1. The van der Waals surface area contributed by atoms with Crippen molar-refractivity contribution >= 4 is 34.8 Å². The van der Waals surface area contributed by atoms with Gasteiger partial charge in [-0.1, -0.05) is 29.3 Å². The Balaban J connectivity index is 2.13. The second-order valence-corrected chi connectivity index (χ2v) is 6.01. The van der Waals surface area contributed by atoms with Gasteiger partial charge < -0.3 is 4.90 Å². The molecule has 1 aliphatic heterocycles. The van der Waals surface area contributed by atoms with Crippen LogP contribution in [-0.4, -0.2) is 30.6 Å². The molecular formula is C15H17Cl2N3O. The van der Waals surface area contributed by atoms with E-state index in [9.17, 15) is 4.79 Å². The van der Waals surface area contributed by atoms with Crippen LogP contribution in [0.25, 0.3) is 0 Å². The van der Waals surface area contributed by atoms with Crippen LogP contribution in [0.3, 0.4) is 0 Å². The third kappa shape index (κ3) is 3.77. The number of rotatable bonds is 4. The van der Waals surface area contributed by atoms with Gasteiger partial charge in [-0.25, -0.2) is 5.43 Å². The molecule has 0 unspecified atom stereocenters. The highest BCUT2D eigenvalue weighted by molar-refractivity contribution is 6.35. The quantitative estimate of drug-likeness (QED) is 0.864. The number of carbonyl (C=O) groups excluding carboxylic acids is 1. The van der Waals surface area contributed by atoms with Crippen molar-refractivity contribution in [1.82, 2.24) is 10.3 Å². The topological polar surface area (TPSA) is 44.7 Å². The van der Waals surface area contributed by atoms with Crippen LogP contribution < -0.4 is 5.43 Å². The predicted octanol–water partition coefficient (Wildman–Crippen LogP) is 3.17. The summed E-state index contributed by atoms with van der Waals surface area (Å²) in [5.41, 5.74) is 5.84. The molecule has 2 rings (SSSR count). The Kier molecular flexibility index (Phi) is 4.91. The molecule has 112 valence electrons. The van der Waals surface area contributed by atoms with E-state index < -0.39 is 0 Å². The number of nitrogens with zero attached hydrogens (tertiary/aromatic N) is 2. The molecule has 0 atom stereocenters. The molecule has 0 radical (unpaired) electrons. The number of carbonyl (C=O) groups is 1. The fourth-order valence-electron chi connectivity index (χ4n) is 2.11. The SMILES string of the molecule is Cc1cc(CCC2=NNC(=O)/C2=C\N(C)C)c(Cl)cc1Cl. The molecule has 1 N–H and O–H groups in total. The summed E-state index contributed by atoms with van der Waals surface area (Å²) in [6, 6.07) is 3.73. The van der Waals surface area contributed by atoms with E-state index in [0.717, 1.165) is 16.8 Å². The van der Waals surface area contributed by atoms with Crippen molar-refractivity contribution in [3.63, 3.8) is 0 Å². The van der Waals surface area contributed by atoms with E-state index in [2.05, 4.69) is 10.5 Å². The molecular weight excluding hydrogens is 309 g/mol. The van der Waals surface area contributed by atoms with E-state index in [1.165, 1.54) is 0 Å². The molecule has 4 nitrogen and oxygen atoms in total. The third-order valence-electron chi connectivity index (χ3n) is 3.19. The largest absolute Gasteiger partial charge is 0.383 e. The Hall–Kier alpha value is -1.52. The predicted molar refractivity (Wildman–Crippen MR) is 86.9 cm³/mol. The first-order valence-electron chi connectivity index (χ1n) is 6.58. The Morgan fingerprint density at radius 3 is 2.62 bits per heavy atom. The van der Waals surface area contributed by atoms with E-state index in [4.69, 9.17) is 23.2 Å². The fourth-order valence-corrected chi connectivity index (χ4v) is 2.59. The second-order valence-electron chi connectivity index (χ2n) is 5.20. The lowest BCUT2D eigenvalue weighted by Crippen LogP contribution is -2.16. The number of hydrogen-bond donors (Lipinski definition) is 1. The molecule has 0 bridgehead atoms. The standard InChI is InChI=1S/C15H17Cl2N3O/c1-9-6-10(13(17)7-12(9)16)4-5-14-11(8-20(2)3)15(21)19-18-14/h6-8H,4-5H2,1-3H3,(H,19,21)/b11-8-. The minimum Gasteiger partial charge on any atom is -0.383 e. The maximum atomic E-state index is 11.7. The molecule has 1 heterocycles. The maximum absolute atomic E-state index is 11.7. The Morgan fingerprint density at radius 1 is 1.24 bits per heavy atom. The number of aryl methyl sites for hydroxylation is 2. The summed E-state index contributed by atoms with van der Waals surface area (Å²) < 4.78 is 0. The number of benzene rings is 1. The summed E-state index contributed by atoms with van der Waals surface area (Å²) in [5, 5.41) is 5.39. The van der Waals surface area contributed by atoms with Gasteiger partial charge in [0.2, 0.25) is 0 Å². The van der Waals surface area contributed by atoms with Crippen LogP contribution in [0.1, 0.15) is 17.5 Å². The molecule has 1 aromatic carbocycles. The molecule has 0 aliphatic carbocycles. The molecule has 0 saturated heterocycles. The van der Waals surface area contributed by atoms with Crippen LogP contribution in [0, 0.1) is 6.92 Å². The number of halogens is 2. The van der Waals surface area contributed by atoms with Gasteiger partial charge in [-0.15, -0.1) is 0 Å². The van der Waals surface area contributed by atoms with Gasteiger partial charge in [0.25, 0.3) is 5.91 Å². The van der Waals surface area contributed by atoms with Gasteiger partial charge in [-0.3, -0.25) is 4.79 Å². The zero-order valence-electron chi connectivity index (χ0n) is 12.2. The molecule has 6 heteroatoms. The van der Waals surface area contributed by atoms with Gasteiger partial charge in [-0.2, -0.15) is 5.10 Å². The summed E-state index contributed by atoms with van der Waals surface area (Å²) in [4.78, 5) is 13.6. The van der Waals surface area contributed by atoms with Gasteiger partial charge in [0, 0.05) is 30.3 Å².